The molecule has 0 aromatic heterocycles. The molecular formula is C23H27NO6. The second-order valence-corrected chi connectivity index (χ2v) is 8.22. The summed E-state index contributed by atoms with van der Waals surface area (Å²) in [7, 11) is 1.28. The molecule has 2 aromatic carbocycles. The van der Waals surface area contributed by atoms with Gasteiger partial charge in [0.15, 0.2) is 0 Å². The van der Waals surface area contributed by atoms with E-state index in [2.05, 4.69) is 0 Å². The second-order valence-electron chi connectivity index (χ2n) is 8.22. The third kappa shape index (κ3) is 3.53. The van der Waals surface area contributed by atoms with Gasteiger partial charge in [0.2, 0.25) is 0 Å². The van der Waals surface area contributed by atoms with Crippen LogP contribution in [0.1, 0.15) is 18.4 Å². The minimum absolute atomic E-state index is 0.0460. The van der Waals surface area contributed by atoms with E-state index in [9.17, 15) is 25.2 Å². The molecule has 2 aliphatic rings. The Labute approximate surface area is 175 Å². The summed E-state index contributed by atoms with van der Waals surface area (Å²) < 4.78 is 4.92. The topological polar surface area (TPSA) is 110 Å². The van der Waals surface area contributed by atoms with E-state index < -0.39 is 42.0 Å². The Morgan fingerprint density at radius 2 is 1.70 bits per heavy atom. The summed E-state index contributed by atoms with van der Waals surface area (Å²) in [5, 5.41) is 41.8. The summed E-state index contributed by atoms with van der Waals surface area (Å²) >= 11 is 0. The third-order valence-electron chi connectivity index (χ3n) is 6.49. The van der Waals surface area contributed by atoms with Crippen molar-refractivity contribution < 1.29 is 30.0 Å². The van der Waals surface area contributed by atoms with Crippen LogP contribution in [0.5, 0.6) is 0 Å². The van der Waals surface area contributed by atoms with Crippen LogP contribution in [-0.2, 0) is 16.1 Å². The number of likely N-dealkylation sites (tertiary alicyclic amines) is 1. The summed E-state index contributed by atoms with van der Waals surface area (Å²) in [6, 6.07) is 16.4. The molecule has 0 amide bonds. The number of rotatable bonds is 4. The normalized spacial score (nSPS) is 33.8. The molecule has 0 bridgehead atoms. The number of carbonyl (C=O) groups excluding carboxylic acids is 1. The van der Waals surface area contributed by atoms with Gasteiger partial charge < -0.3 is 25.2 Å². The Morgan fingerprint density at radius 1 is 1.07 bits per heavy atom. The molecular weight excluding hydrogens is 386 g/mol. The fourth-order valence-electron chi connectivity index (χ4n) is 4.82. The molecule has 4 N–H and O–H groups in total. The quantitative estimate of drug-likeness (QED) is 0.546. The lowest BCUT2D eigenvalue weighted by molar-refractivity contribution is -0.197. The highest BCUT2D eigenvalue weighted by molar-refractivity contribution is 5.76. The monoisotopic (exact) mass is 413 g/mol. The van der Waals surface area contributed by atoms with Crippen molar-refractivity contribution in [3.05, 3.63) is 60.2 Å². The average Bonchev–Trinajstić information content (AvgIpc) is 3.05. The van der Waals surface area contributed by atoms with Crippen molar-refractivity contribution >= 4 is 5.97 Å². The molecule has 1 aliphatic carbocycles. The SMILES string of the molecule is COC(=O)[C@@H]1C[C@@]2(O)[C@H](O)[C@H](O)[C@H](O)C[C@H]2N1Cc1ccc(-c2ccccc2)cc1. The highest BCUT2D eigenvalue weighted by atomic mass is 16.5. The fourth-order valence-corrected chi connectivity index (χ4v) is 4.82. The molecule has 2 fully saturated rings. The van der Waals surface area contributed by atoms with Crippen LogP contribution in [-0.4, -0.2) is 74.4 Å². The maximum Gasteiger partial charge on any atom is 0.323 e. The van der Waals surface area contributed by atoms with Crippen molar-refractivity contribution in [2.24, 2.45) is 0 Å². The number of hydrogen-bond acceptors (Lipinski definition) is 7. The Kier molecular flexibility index (Phi) is 5.65. The van der Waals surface area contributed by atoms with Gasteiger partial charge in [-0.05, 0) is 23.1 Å². The predicted molar refractivity (Wildman–Crippen MR) is 109 cm³/mol. The first-order valence-electron chi connectivity index (χ1n) is 10.1. The van der Waals surface area contributed by atoms with Crippen LogP contribution >= 0.6 is 0 Å². The van der Waals surface area contributed by atoms with Crippen molar-refractivity contribution in [1.82, 2.24) is 4.90 Å². The van der Waals surface area contributed by atoms with Gasteiger partial charge in [0, 0.05) is 19.0 Å². The zero-order valence-electron chi connectivity index (χ0n) is 16.8. The minimum atomic E-state index is -1.71. The van der Waals surface area contributed by atoms with Crippen LogP contribution in [0.2, 0.25) is 0 Å². The number of fused-ring (bicyclic) bond motifs is 1. The number of carbonyl (C=O) groups is 1. The number of esters is 1. The lowest BCUT2D eigenvalue weighted by Gasteiger charge is -2.45. The standard InChI is InChI=1S/C23H27NO6/c1-30-22(28)17-12-23(29)19(11-18(25)20(26)21(23)27)24(17)13-14-7-9-16(10-8-14)15-5-3-2-4-6-15/h2-10,17-21,25-27,29H,11-13H2,1H3/t17-,18+,19+,20+,21+,23-/m0/s1. The van der Waals surface area contributed by atoms with E-state index >= 15 is 0 Å². The van der Waals surface area contributed by atoms with E-state index in [-0.39, 0.29) is 12.8 Å². The molecule has 1 saturated heterocycles. The zero-order chi connectivity index (χ0) is 21.5. The van der Waals surface area contributed by atoms with Gasteiger partial charge in [-0.1, -0.05) is 54.6 Å². The van der Waals surface area contributed by atoms with Gasteiger partial charge in [0.05, 0.1) is 13.2 Å². The van der Waals surface area contributed by atoms with E-state index in [0.717, 1.165) is 16.7 Å². The molecule has 7 heteroatoms. The van der Waals surface area contributed by atoms with Crippen molar-refractivity contribution in [3.8, 4) is 11.1 Å². The van der Waals surface area contributed by atoms with Crippen molar-refractivity contribution in [2.75, 3.05) is 7.11 Å². The second kappa shape index (κ2) is 8.09. The summed E-state index contributed by atoms with van der Waals surface area (Å²) in [5.41, 5.74) is 1.37. The molecule has 30 heavy (non-hydrogen) atoms. The molecule has 0 radical (unpaired) electrons. The summed E-state index contributed by atoms with van der Waals surface area (Å²) in [6.07, 6.45) is -4.23. The molecule has 4 rings (SSSR count). The van der Waals surface area contributed by atoms with Crippen LogP contribution < -0.4 is 0 Å². The number of hydrogen-bond donors (Lipinski definition) is 4. The highest BCUT2D eigenvalue weighted by Gasteiger charge is 2.62. The van der Waals surface area contributed by atoms with Crippen LogP contribution in [0.3, 0.4) is 0 Å². The van der Waals surface area contributed by atoms with E-state index in [1.807, 2.05) is 54.6 Å². The Morgan fingerprint density at radius 3 is 2.33 bits per heavy atom. The smallest absolute Gasteiger partial charge is 0.323 e. The number of aliphatic hydroxyl groups excluding tert-OH is 3. The van der Waals surface area contributed by atoms with Crippen LogP contribution in [0, 0.1) is 0 Å². The Hall–Kier alpha value is -2.29. The van der Waals surface area contributed by atoms with Gasteiger partial charge in [-0.3, -0.25) is 9.69 Å². The molecule has 2 aromatic rings. The fraction of sp³-hybridized carbons (Fsp3) is 0.435. The maximum atomic E-state index is 12.4. The van der Waals surface area contributed by atoms with E-state index in [1.165, 1.54) is 7.11 Å². The van der Waals surface area contributed by atoms with E-state index in [0.29, 0.717) is 6.54 Å². The molecule has 0 unspecified atom stereocenters. The molecule has 0 spiro atoms. The van der Waals surface area contributed by atoms with Crippen LogP contribution in [0.4, 0.5) is 0 Å². The summed E-state index contributed by atoms with van der Waals surface area (Å²) in [6.45, 7) is 0.331. The molecule has 1 heterocycles. The van der Waals surface area contributed by atoms with Gasteiger partial charge in [-0.25, -0.2) is 0 Å². The number of aliphatic hydroxyl groups is 4. The number of nitrogens with zero attached hydrogens (tertiary/aromatic N) is 1. The van der Waals surface area contributed by atoms with Crippen molar-refractivity contribution in [2.45, 2.75) is 55.4 Å². The predicted octanol–water partition coefficient (Wildman–Crippen LogP) is 0.687. The first kappa shape index (κ1) is 21.0. The summed E-state index contributed by atoms with van der Waals surface area (Å²) in [4.78, 5) is 14.2. The zero-order valence-corrected chi connectivity index (χ0v) is 16.8. The number of benzene rings is 2. The lowest BCUT2D eigenvalue weighted by atomic mass is 9.75. The molecule has 6 atom stereocenters. The van der Waals surface area contributed by atoms with Crippen LogP contribution in [0.25, 0.3) is 11.1 Å². The van der Waals surface area contributed by atoms with E-state index in [1.54, 1.807) is 4.90 Å². The van der Waals surface area contributed by atoms with Gasteiger partial charge in [0.25, 0.3) is 0 Å². The number of ether oxygens (including phenoxy) is 1. The molecule has 7 nitrogen and oxygen atoms in total. The molecule has 160 valence electrons. The van der Waals surface area contributed by atoms with Crippen LogP contribution in [0.15, 0.2) is 54.6 Å². The number of methoxy groups -OCH3 is 1. The third-order valence-corrected chi connectivity index (χ3v) is 6.49. The van der Waals surface area contributed by atoms with Crippen molar-refractivity contribution in [1.29, 1.82) is 0 Å². The first-order chi connectivity index (χ1) is 14.3. The minimum Gasteiger partial charge on any atom is -0.468 e. The average molecular weight is 413 g/mol. The largest absolute Gasteiger partial charge is 0.468 e. The van der Waals surface area contributed by atoms with Gasteiger partial charge in [0.1, 0.15) is 23.9 Å². The lowest BCUT2D eigenvalue weighted by Crippen LogP contribution is -2.64. The van der Waals surface area contributed by atoms with Gasteiger partial charge in [-0.15, -0.1) is 0 Å². The van der Waals surface area contributed by atoms with Gasteiger partial charge >= 0.3 is 5.97 Å². The molecule has 1 aliphatic heterocycles. The van der Waals surface area contributed by atoms with Gasteiger partial charge in [-0.2, -0.15) is 0 Å². The molecule has 1 saturated carbocycles. The first-order valence-corrected chi connectivity index (χ1v) is 10.1. The summed E-state index contributed by atoms with van der Waals surface area (Å²) in [5.74, 6) is -0.519. The van der Waals surface area contributed by atoms with E-state index in [4.69, 9.17) is 4.74 Å². The Balaban J connectivity index is 1.61. The van der Waals surface area contributed by atoms with Crippen molar-refractivity contribution in [3.63, 3.8) is 0 Å². The Bertz CT molecular complexity index is 888. The highest BCUT2D eigenvalue weighted by Crippen LogP contribution is 2.44. The maximum absolute atomic E-state index is 12.4.